The fourth-order valence-electron chi connectivity index (χ4n) is 5.49. The number of piperidine rings is 1. The number of alkyl halides is 3. The molecule has 1 aliphatic heterocycles. The van der Waals surface area contributed by atoms with Gasteiger partial charge in [0.15, 0.2) is 5.76 Å². The first kappa shape index (κ1) is 31.5. The molecule has 0 bridgehead atoms. The predicted octanol–water partition coefficient (Wildman–Crippen LogP) is 6.50. The Labute approximate surface area is 266 Å². The lowest BCUT2D eigenvalue weighted by atomic mass is 10.00. The van der Waals surface area contributed by atoms with E-state index in [0.717, 1.165) is 11.8 Å². The highest BCUT2D eigenvalue weighted by Crippen LogP contribution is 2.38. The molecule has 5 heterocycles. The molecule has 1 aromatic carbocycles. The number of fused-ring (bicyclic) bond motifs is 1. The number of hydrogen-bond donors (Lipinski definition) is 3. The molecule has 1 aliphatic rings. The molecule has 244 valence electrons. The van der Waals surface area contributed by atoms with Crippen LogP contribution in [0.15, 0.2) is 59.4 Å². The molecule has 1 saturated heterocycles. The van der Waals surface area contributed by atoms with Crippen LogP contribution in [0.3, 0.4) is 0 Å². The van der Waals surface area contributed by atoms with Crippen molar-refractivity contribution in [3.63, 3.8) is 0 Å². The second-order valence-corrected chi connectivity index (χ2v) is 11.4. The highest BCUT2D eigenvalue weighted by molar-refractivity contribution is 6.05. The molecular formula is C32H31F3N8O4. The van der Waals surface area contributed by atoms with Crippen LogP contribution in [-0.2, 0) is 17.5 Å². The third kappa shape index (κ3) is 6.73. The summed E-state index contributed by atoms with van der Waals surface area (Å²) in [5.41, 5.74) is 0.724. The van der Waals surface area contributed by atoms with E-state index in [9.17, 15) is 22.8 Å². The van der Waals surface area contributed by atoms with Gasteiger partial charge in [-0.3, -0.25) is 4.79 Å². The summed E-state index contributed by atoms with van der Waals surface area (Å²) >= 11 is 0. The molecule has 0 spiro atoms. The van der Waals surface area contributed by atoms with E-state index in [1.807, 2.05) is 37.3 Å². The first-order valence-electron chi connectivity index (χ1n) is 14.9. The highest BCUT2D eigenvalue weighted by atomic mass is 19.4. The summed E-state index contributed by atoms with van der Waals surface area (Å²) in [5.74, 6) is -0.143. The van der Waals surface area contributed by atoms with Crippen LogP contribution in [0.4, 0.5) is 29.6 Å². The smallest absolute Gasteiger partial charge is 0.419 e. The van der Waals surface area contributed by atoms with E-state index in [1.54, 1.807) is 18.7 Å². The van der Waals surface area contributed by atoms with Crippen LogP contribution in [0.2, 0.25) is 0 Å². The molecule has 47 heavy (non-hydrogen) atoms. The number of aryl methyl sites for hydroxylation is 2. The average Bonchev–Trinajstić information content (AvgIpc) is 3.62. The fourth-order valence-corrected chi connectivity index (χ4v) is 5.49. The Kier molecular flexibility index (Phi) is 8.54. The van der Waals surface area contributed by atoms with Crippen LogP contribution in [0.1, 0.15) is 52.8 Å². The van der Waals surface area contributed by atoms with Crippen molar-refractivity contribution in [3.05, 3.63) is 83.1 Å². The van der Waals surface area contributed by atoms with Crippen molar-refractivity contribution in [2.45, 2.75) is 58.5 Å². The second kappa shape index (κ2) is 12.7. The van der Waals surface area contributed by atoms with Gasteiger partial charge in [-0.2, -0.15) is 13.2 Å². The number of carbonyl (C=O) groups is 2. The van der Waals surface area contributed by atoms with Gasteiger partial charge in [-0.1, -0.05) is 35.5 Å². The maximum absolute atomic E-state index is 14.2. The number of H-pyrrole nitrogens is 1. The van der Waals surface area contributed by atoms with E-state index in [2.05, 4.69) is 35.7 Å². The van der Waals surface area contributed by atoms with Crippen LogP contribution in [0, 0.1) is 13.8 Å². The molecular weight excluding hydrogens is 617 g/mol. The molecule has 2 amide bonds. The van der Waals surface area contributed by atoms with Crippen molar-refractivity contribution < 1.29 is 32.0 Å². The molecule has 3 N–H and O–H groups in total. The highest BCUT2D eigenvalue weighted by Gasteiger charge is 2.37. The number of amides is 2. The van der Waals surface area contributed by atoms with E-state index in [0.29, 0.717) is 35.4 Å². The van der Waals surface area contributed by atoms with Crippen molar-refractivity contribution in [2.75, 3.05) is 17.2 Å². The molecule has 2 atom stereocenters. The Hall–Kier alpha value is -5.47. The number of aromatic amines is 1. The van der Waals surface area contributed by atoms with E-state index in [-0.39, 0.29) is 53.8 Å². The number of nitrogens with zero attached hydrogens (tertiary/aromatic N) is 5. The lowest BCUT2D eigenvalue weighted by Crippen LogP contribution is -2.50. The van der Waals surface area contributed by atoms with E-state index in [1.165, 1.54) is 18.3 Å². The van der Waals surface area contributed by atoms with Gasteiger partial charge in [0.1, 0.15) is 34.9 Å². The summed E-state index contributed by atoms with van der Waals surface area (Å²) in [5, 5.41) is 9.94. The lowest BCUT2D eigenvalue weighted by Gasteiger charge is -2.37. The Morgan fingerprint density at radius 1 is 1.11 bits per heavy atom. The van der Waals surface area contributed by atoms with Crippen molar-refractivity contribution in [1.82, 2.24) is 30.0 Å². The Balaban J connectivity index is 1.22. The summed E-state index contributed by atoms with van der Waals surface area (Å²) in [6.07, 6.45) is -1.85. The average molecular weight is 649 g/mol. The fraction of sp³-hybridized carbons (Fsp3) is 0.312. The molecule has 0 unspecified atom stereocenters. The van der Waals surface area contributed by atoms with Gasteiger partial charge in [0.2, 0.25) is 5.95 Å². The van der Waals surface area contributed by atoms with Gasteiger partial charge >= 0.3 is 12.3 Å². The number of nitrogens with one attached hydrogen (secondary N) is 3. The Morgan fingerprint density at radius 2 is 1.89 bits per heavy atom. The summed E-state index contributed by atoms with van der Waals surface area (Å²) in [4.78, 5) is 42.9. The van der Waals surface area contributed by atoms with E-state index < -0.39 is 23.7 Å². The minimum absolute atomic E-state index is 0.0251. The number of likely N-dealkylation sites (tertiary alicyclic amines) is 1. The zero-order chi connectivity index (χ0) is 33.3. The number of ether oxygens (including phenoxy) is 1. The summed E-state index contributed by atoms with van der Waals surface area (Å²) < 4.78 is 53.1. The molecule has 0 radical (unpaired) electrons. The lowest BCUT2D eigenvalue weighted by molar-refractivity contribution is -0.137. The molecule has 4 aromatic heterocycles. The maximum Gasteiger partial charge on any atom is 0.419 e. The number of carbonyl (C=O) groups excluding carboxylic acids is 2. The summed E-state index contributed by atoms with van der Waals surface area (Å²) in [6, 6.07) is 11.8. The van der Waals surface area contributed by atoms with Crippen molar-refractivity contribution in [2.24, 2.45) is 0 Å². The quantitative estimate of drug-likeness (QED) is 0.180. The molecule has 12 nitrogen and oxygen atoms in total. The van der Waals surface area contributed by atoms with Gasteiger partial charge in [-0.05, 0) is 51.3 Å². The molecule has 6 rings (SSSR count). The van der Waals surface area contributed by atoms with Gasteiger partial charge < -0.3 is 29.8 Å². The van der Waals surface area contributed by atoms with E-state index >= 15 is 0 Å². The van der Waals surface area contributed by atoms with Gasteiger partial charge in [0.25, 0.3) is 5.91 Å². The van der Waals surface area contributed by atoms with Crippen LogP contribution < -0.4 is 10.6 Å². The summed E-state index contributed by atoms with van der Waals surface area (Å²) in [7, 11) is 0. The molecule has 0 aliphatic carbocycles. The third-order valence-electron chi connectivity index (χ3n) is 8.05. The number of benzene rings is 1. The minimum atomic E-state index is -4.75. The first-order chi connectivity index (χ1) is 22.5. The van der Waals surface area contributed by atoms with Crippen LogP contribution in [0.5, 0.6) is 0 Å². The zero-order valence-corrected chi connectivity index (χ0v) is 25.7. The minimum Gasteiger partial charge on any atom is -0.445 e. The zero-order valence-electron chi connectivity index (χ0n) is 25.7. The Bertz CT molecular complexity index is 1910. The topological polar surface area (TPSA) is 151 Å². The Morgan fingerprint density at radius 3 is 2.62 bits per heavy atom. The number of hydrogen-bond acceptors (Lipinski definition) is 9. The van der Waals surface area contributed by atoms with Gasteiger partial charge in [0, 0.05) is 42.0 Å². The molecule has 5 aromatic rings. The van der Waals surface area contributed by atoms with Crippen molar-refractivity contribution in [3.8, 4) is 11.3 Å². The molecule has 15 heteroatoms. The van der Waals surface area contributed by atoms with Crippen LogP contribution in [0.25, 0.3) is 22.3 Å². The monoisotopic (exact) mass is 648 g/mol. The maximum atomic E-state index is 14.2. The number of anilines is 2. The van der Waals surface area contributed by atoms with Crippen molar-refractivity contribution >= 4 is 34.7 Å². The molecule has 1 fully saturated rings. The number of aromatic nitrogens is 5. The normalized spacial score (nSPS) is 16.7. The number of pyridine rings is 1. The van der Waals surface area contributed by atoms with Gasteiger partial charge in [0.05, 0.1) is 5.69 Å². The SMILES string of the molecule is Cc1noc(C)c1NC(=O)c1ccc2c(-c3nc(N[C@H]4CC[C@H](C)N(C(=O)OCc5ccccc5)C4)ncc3C(F)(F)F)c[nH]c2n1. The van der Waals surface area contributed by atoms with Crippen molar-refractivity contribution in [1.29, 1.82) is 0 Å². The standard InChI is InChI=1S/C32H31F3N8O4/c1-17-9-10-21(15-43(17)31(45)46-16-20-7-5-4-6-8-20)38-30-37-14-24(32(33,34)35)27(41-30)23-13-36-28-22(23)11-12-25(39-28)29(44)40-26-18(2)42-47-19(26)3/h4-8,11-14,17,21H,9-10,15-16H2,1-3H3,(H,36,39)(H,40,44)(H,37,38,41)/t17-,21-/m0/s1. The van der Waals surface area contributed by atoms with Crippen LogP contribution in [-0.4, -0.2) is 60.6 Å². The first-order valence-corrected chi connectivity index (χ1v) is 14.9. The van der Waals surface area contributed by atoms with Gasteiger partial charge in [-0.15, -0.1) is 0 Å². The van der Waals surface area contributed by atoms with Crippen LogP contribution >= 0.6 is 0 Å². The largest absolute Gasteiger partial charge is 0.445 e. The second-order valence-electron chi connectivity index (χ2n) is 11.4. The number of halogens is 3. The van der Waals surface area contributed by atoms with E-state index in [4.69, 9.17) is 9.26 Å². The predicted molar refractivity (Wildman–Crippen MR) is 165 cm³/mol. The summed E-state index contributed by atoms with van der Waals surface area (Å²) in [6.45, 7) is 5.63. The third-order valence-corrected chi connectivity index (χ3v) is 8.05. The molecule has 0 saturated carbocycles. The number of rotatable bonds is 7. The van der Waals surface area contributed by atoms with Gasteiger partial charge in [-0.25, -0.2) is 19.7 Å².